The summed E-state index contributed by atoms with van der Waals surface area (Å²) in [7, 11) is 1.42. The fourth-order valence-electron chi connectivity index (χ4n) is 1.05. The third-order valence-electron chi connectivity index (χ3n) is 1.58. The smallest absolute Gasteiger partial charge is 0.265 e. The lowest BCUT2D eigenvalue weighted by Crippen LogP contribution is -1.90. The molecule has 4 nitrogen and oxygen atoms in total. The van der Waals surface area contributed by atoms with Gasteiger partial charge in [0, 0.05) is 10.7 Å². The number of halogens is 1. The van der Waals surface area contributed by atoms with Crippen LogP contribution < -0.4 is 0 Å². The second-order valence-corrected chi connectivity index (χ2v) is 4.93. The van der Waals surface area contributed by atoms with E-state index in [1.165, 1.54) is 12.5 Å². The van der Waals surface area contributed by atoms with Gasteiger partial charge in [-0.05, 0) is 12.1 Å². The average Bonchev–Trinajstić information content (AvgIpc) is 2.48. The fraction of sp³-hybridized carbons (Fsp3) is 0. The van der Waals surface area contributed by atoms with Gasteiger partial charge in [-0.1, -0.05) is 6.07 Å². The maximum atomic E-state index is 11.0. The molecule has 0 saturated heterocycles. The Hall–Kier alpha value is -1.07. The van der Waals surface area contributed by atoms with Crippen molar-refractivity contribution in [1.29, 1.82) is 0 Å². The highest BCUT2D eigenvalue weighted by atomic mass is 35.7. The molecule has 0 aliphatic carbocycles. The van der Waals surface area contributed by atoms with Gasteiger partial charge in [-0.3, -0.25) is 0 Å². The van der Waals surface area contributed by atoms with Crippen molar-refractivity contribution >= 4 is 30.8 Å². The lowest BCUT2D eigenvalue weighted by Gasteiger charge is -1.94. The van der Waals surface area contributed by atoms with E-state index in [-0.39, 0.29) is 10.5 Å². The van der Waals surface area contributed by atoms with E-state index in [1.54, 1.807) is 12.1 Å². The zero-order chi connectivity index (χ0) is 9.47. The summed E-state index contributed by atoms with van der Waals surface area (Å²) >= 11 is 0. The molecule has 0 radical (unpaired) electrons. The monoisotopic (exact) mass is 217 g/mol. The zero-order valence-electron chi connectivity index (χ0n) is 6.27. The molecule has 1 aromatic heterocycles. The molecule has 0 aliphatic rings. The Morgan fingerprint density at radius 1 is 1.38 bits per heavy atom. The molecule has 0 unspecified atom stereocenters. The van der Waals surface area contributed by atoms with Crippen molar-refractivity contribution in [2.45, 2.75) is 4.90 Å². The molecule has 13 heavy (non-hydrogen) atoms. The summed E-state index contributed by atoms with van der Waals surface area (Å²) in [6.45, 7) is 0. The van der Waals surface area contributed by atoms with Crippen molar-refractivity contribution in [2.75, 3.05) is 0 Å². The summed E-state index contributed by atoms with van der Waals surface area (Å²) in [5.41, 5.74) is 0.666. The third kappa shape index (κ3) is 1.40. The van der Waals surface area contributed by atoms with E-state index in [9.17, 15) is 8.42 Å². The van der Waals surface area contributed by atoms with Gasteiger partial charge in [0.25, 0.3) is 9.05 Å². The minimum Gasteiger partial charge on any atom is -0.442 e. The van der Waals surface area contributed by atoms with Gasteiger partial charge in [0.05, 0.1) is 0 Å². The predicted octanol–water partition coefficient (Wildman–Crippen LogP) is 1.76. The number of hydrogen-bond donors (Lipinski definition) is 0. The first kappa shape index (κ1) is 8.52. The van der Waals surface area contributed by atoms with Gasteiger partial charge in [-0.25, -0.2) is 13.4 Å². The molecule has 0 aliphatic heterocycles. The van der Waals surface area contributed by atoms with Gasteiger partial charge in [-0.15, -0.1) is 0 Å². The second kappa shape index (κ2) is 2.71. The molecule has 0 amide bonds. The third-order valence-corrected chi connectivity index (χ3v) is 2.93. The largest absolute Gasteiger partial charge is 0.442 e. The van der Waals surface area contributed by atoms with E-state index in [2.05, 4.69) is 4.98 Å². The van der Waals surface area contributed by atoms with Crippen molar-refractivity contribution in [3.05, 3.63) is 24.6 Å². The molecular weight excluding hydrogens is 214 g/mol. The van der Waals surface area contributed by atoms with E-state index in [0.29, 0.717) is 5.52 Å². The summed E-state index contributed by atoms with van der Waals surface area (Å²) in [6.07, 6.45) is 1.18. The molecule has 2 rings (SSSR count). The highest BCUT2D eigenvalue weighted by Crippen LogP contribution is 2.24. The number of fused-ring (bicyclic) bond motifs is 1. The molecule has 0 atom stereocenters. The van der Waals surface area contributed by atoms with E-state index >= 15 is 0 Å². The molecule has 0 fully saturated rings. The molecule has 1 heterocycles. The number of benzene rings is 1. The molecule has 68 valence electrons. The number of aromatic nitrogens is 1. The fourth-order valence-corrected chi connectivity index (χ4v) is 2.03. The molecule has 6 heteroatoms. The Bertz CT molecular complexity index is 546. The predicted molar refractivity (Wildman–Crippen MR) is 47.0 cm³/mol. The van der Waals surface area contributed by atoms with Crippen LogP contribution in [0.15, 0.2) is 33.9 Å². The number of oxazole rings is 1. The highest BCUT2D eigenvalue weighted by molar-refractivity contribution is 8.13. The molecule has 0 saturated carbocycles. The Kier molecular flexibility index (Phi) is 1.78. The minimum atomic E-state index is -3.76. The SMILES string of the molecule is O=S(=O)(Cl)c1cccc2ncoc12. The number of para-hydroxylation sites is 1. The molecular formula is C7H4ClNO3S. The van der Waals surface area contributed by atoms with E-state index in [1.807, 2.05) is 0 Å². The summed E-state index contributed by atoms with van der Waals surface area (Å²) in [5.74, 6) is 0. The summed E-state index contributed by atoms with van der Waals surface area (Å²) in [4.78, 5) is 3.75. The molecule has 0 bridgehead atoms. The second-order valence-electron chi connectivity index (χ2n) is 2.39. The molecule has 0 spiro atoms. The minimum absolute atomic E-state index is 0.0517. The van der Waals surface area contributed by atoms with Crippen LogP contribution in [0, 0.1) is 0 Å². The first-order valence-corrected chi connectivity index (χ1v) is 5.67. The van der Waals surface area contributed by atoms with Crippen LogP contribution in [-0.4, -0.2) is 13.4 Å². The average molecular weight is 218 g/mol. The lowest BCUT2D eigenvalue weighted by atomic mass is 10.3. The van der Waals surface area contributed by atoms with Crippen LogP contribution >= 0.6 is 10.7 Å². The van der Waals surface area contributed by atoms with Gasteiger partial charge in [-0.2, -0.15) is 0 Å². The number of nitrogens with zero attached hydrogens (tertiary/aromatic N) is 1. The molecule has 0 N–H and O–H groups in total. The topological polar surface area (TPSA) is 60.2 Å². The normalized spacial score (nSPS) is 12.1. The Balaban J connectivity index is 2.91. The van der Waals surface area contributed by atoms with E-state index < -0.39 is 9.05 Å². The Morgan fingerprint density at radius 3 is 2.85 bits per heavy atom. The zero-order valence-corrected chi connectivity index (χ0v) is 7.84. The first-order chi connectivity index (χ1) is 6.09. The number of hydrogen-bond acceptors (Lipinski definition) is 4. The van der Waals surface area contributed by atoms with Gasteiger partial charge < -0.3 is 4.42 Å². The van der Waals surface area contributed by atoms with Crippen LogP contribution in [0.1, 0.15) is 0 Å². The van der Waals surface area contributed by atoms with Crippen molar-refractivity contribution < 1.29 is 12.8 Å². The van der Waals surface area contributed by atoms with Crippen molar-refractivity contribution in [1.82, 2.24) is 4.98 Å². The van der Waals surface area contributed by atoms with Crippen molar-refractivity contribution in [2.24, 2.45) is 0 Å². The van der Waals surface area contributed by atoms with Crippen molar-refractivity contribution in [3.8, 4) is 0 Å². The molecule has 1 aromatic carbocycles. The van der Waals surface area contributed by atoms with Crippen LogP contribution in [0.4, 0.5) is 0 Å². The number of rotatable bonds is 1. The van der Waals surface area contributed by atoms with Crippen molar-refractivity contribution in [3.63, 3.8) is 0 Å². The van der Waals surface area contributed by atoms with Crippen LogP contribution in [-0.2, 0) is 9.05 Å². The summed E-state index contributed by atoms with van der Waals surface area (Å²) < 4.78 is 26.9. The standard InChI is InChI=1S/C7H4ClNO3S/c8-13(10,11)6-3-1-2-5-7(6)12-4-9-5/h1-4H. The maximum Gasteiger partial charge on any atom is 0.265 e. The quantitative estimate of drug-likeness (QED) is 0.683. The van der Waals surface area contributed by atoms with E-state index in [0.717, 1.165) is 0 Å². The molecule has 2 aromatic rings. The van der Waals surface area contributed by atoms with Crippen LogP contribution in [0.5, 0.6) is 0 Å². The Morgan fingerprint density at radius 2 is 2.15 bits per heavy atom. The van der Waals surface area contributed by atoms with Crippen LogP contribution in [0.25, 0.3) is 11.1 Å². The van der Waals surface area contributed by atoms with Gasteiger partial charge >= 0.3 is 0 Å². The van der Waals surface area contributed by atoms with Gasteiger partial charge in [0.1, 0.15) is 10.4 Å². The lowest BCUT2D eigenvalue weighted by molar-refractivity contribution is 0.586. The van der Waals surface area contributed by atoms with Gasteiger partial charge in [0.15, 0.2) is 12.0 Å². The maximum absolute atomic E-state index is 11.0. The summed E-state index contributed by atoms with van der Waals surface area (Å²) in [5, 5.41) is 0. The Labute approximate surface area is 78.6 Å². The highest BCUT2D eigenvalue weighted by Gasteiger charge is 2.16. The van der Waals surface area contributed by atoms with E-state index in [4.69, 9.17) is 15.1 Å². The van der Waals surface area contributed by atoms with Crippen LogP contribution in [0.3, 0.4) is 0 Å². The summed E-state index contributed by atoms with van der Waals surface area (Å²) in [6, 6.07) is 4.57. The van der Waals surface area contributed by atoms with Gasteiger partial charge in [0.2, 0.25) is 0 Å². The first-order valence-electron chi connectivity index (χ1n) is 3.36. The van der Waals surface area contributed by atoms with Crippen LogP contribution in [0.2, 0.25) is 0 Å².